The number of benzene rings is 2. The minimum atomic E-state index is -0.146. The monoisotopic (exact) mass is 468 g/mol. The third-order valence-corrected chi connectivity index (χ3v) is 6.70. The number of ether oxygens (including phenoxy) is 4. The number of methoxy groups -OCH3 is 3. The Morgan fingerprint density at radius 2 is 1.76 bits per heavy atom. The van der Waals surface area contributed by atoms with E-state index in [9.17, 15) is 4.79 Å². The summed E-state index contributed by atoms with van der Waals surface area (Å²) in [5, 5.41) is 2.07. The van der Waals surface area contributed by atoms with Gasteiger partial charge >= 0.3 is 0 Å². The summed E-state index contributed by atoms with van der Waals surface area (Å²) in [6.07, 6.45) is 1.63. The van der Waals surface area contributed by atoms with Crippen LogP contribution in [-0.2, 0) is 19.4 Å². The molecule has 0 unspecified atom stereocenters. The van der Waals surface area contributed by atoms with E-state index in [1.54, 1.807) is 17.4 Å². The summed E-state index contributed by atoms with van der Waals surface area (Å²) in [5.74, 6) is 1.83. The largest absolute Gasteiger partial charge is 0.492 e. The van der Waals surface area contributed by atoms with E-state index in [-0.39, 0.29) is 5.91 Å². The number of amides is 1. The van der Waals surface area contributed by atoms with Crippen molar-refractivity contribution in [1.82, 2.24) is 4.90 Å². The molecular formula is C25H28N2O5S. The van der Waals surface area contributed by atoms with Crippen molar-refractivity contribution in [3.63, 3.8) is 0 Å². The van der Waals surface area contributed by atoms with Crippen molar-refractivity contribution in [2.45, 2.75) is 19.4 Å². The minimum absolute atomic E-state index is 0.146. The van der Waals surface area contributed by atoms with E-state index in [0.29, 0.717) is 53.9 Å². The number of nitrogens with zero attached hydrogens (tertiary/aromatic N) is 1. The van der Waals surface area contributed by atoms with Crippen LogP contribution in [0.25, 0.3) is 0 Å². The number of carbonyl (C=O) groups excluding carboxylic acids is 1. The number of thiophene rings is 1. The Morgan fingerprint density at radius 3 is 2.42 bits per heavy atom. The average molecular weight is 469 g/mol. The van der Waals surface area contributed by atoms with Crippen LogP contribution in [0, 0.1) is 0 Å². The topological polar surface area (TPSA) is 83.3 Å². The zero-order valence-corrected chi connectivity index (χ0v) is 19.9. The van der Waals surface area contributed by atoms with E-state index in [4.69, 9.17) is 24.7 Å². The molecule has 1 aromatic heterocycles. The van der Waals surface area contributed by atoms with Gasteiger partial charge in [-0.3, -0.25) is 4.79 Å². The summed E-state index contributed by atoms with van der Waals surface area (Å²) >= 11 is 1.74. The summed E-state index contributed by atoms with van der Waals surface area (Å²) in [5.41, 5.74) is 8.31. The Hall–Kier alpha value is -3.23. The van der Waals surface area contributed by atoms with Crippen molar-refractivity contribution >= 4 is 17.2 Å². The van der Waals surface area contributed by atoms with Crippen LogP contribution in [0.4, 0.5) is 0 Å². The molecule has 2 heterocycles. The van der Waals surface area contributed by atoms with Gasteiger partial charge in [-0.2, -0.15) is 0 Å². The van der Waals surface area contributed by atoms with Crippen molar-refractivity contribution < 1.29 is 23.7 Å². The molecule has 0 saturated heterocycles. The first-order valence-corrected chi connectivity index (χ1v) is 11.6. The highest BCUT2D eigenvalue weighted by Gasteiger charge is 2.30. The molecule has 1 amide bonds. The van der Waals surface area contributed by atoms with Crippen molar-refractivity contribution in [2.75, 3.05) is 34.4 Å². The number of rotatable bonds is 8. The maximum atomic E-state index is 13.6. The highest BCUT2D eigenvalue weighted by molar-refractivity contribution is 7.10. The van der Waals surface area contributed by atoms with E-state index in [1.165, 1.54) is 31.8 Å². The fraction of sp³-hybridized carbons (Fsp3) is 0.320. The highest BCUT2D eigenvalue weighted by atomic mass is 32.1. The molecule has 2 N–H and O–H groups in total. The van der Waals surface area contributed by atoms with Crippen molar-refractivity contribution in [1.29, 1.82) is 0 Å². The Balaban J connectivity index is 1.71. The standard InChI is InChI=1S/C25H28N2O5S/c1-29-22-19(25(28)27-12-9-21-17(15-27)10-13-33-21)14-20(23(30-2)24(22)31-3)32-18-6-4-16(5-7-18)8-11-26/h4-7,10,13-14H,8-9,11-12,15,26H2,1-3H3. The molecule has 1 aliphatic rings. The molecule has 0 atom stereocenters. The quantitative estimate of drug-likeness (QED) is 0.532. The number of carbonyl (C=O) groups is 1. The first-order valence-electron chi connectivity index (χ1n) is 10.7. The van der Waals surface area contributed by atoms with E-state index >= 15 is 0 Å². The smallest absolute Gasteiger partial charge is 0.258 e. The first-order chi connectivity index (χ1) is 16.1. The highest BCUT2D eigenvalue weighted by Crippen LogP contribution is 2.48. The second-order valence-corrected chi connectivity index (χ2v) is 8.65. The molecule has 8 heteroatoms. The van der Waals surface area contributed by atoms with Crippen LogP contribution in [0.3, 0.4) is 0 Å². The van der Waals surface area contributed by atoms with Gasteiger partial charge in [0.05, 0.1) is 26.9 Å². The van der Waals surface area contributed by atoms with E-state index in [0.717, 1.165) is 18.4 Å². The third kappa shape index (κ3) is 4.62. The predicted molar refractivity (Wildman–Crippen MR) is 128 cm³/mol. The van der Waals surface area contributed by atoms with Gasteiger partial charge in [-0.1, -0.05) is 12.1 Å². The normalized spacial score (nSPS) is 12.8. The molecular weight excluding hydrogens is 440 g/mol. The predicted octanol–water partition coefficient (Wildman–Crippen LogP) is 4.27. The summed E-state index contributed by atoms with van der Waals surface area (Å²) in [7, 11) is 4.55. The summed E-state index contributed by atoms with van der Waals surface area (Å²) in [6.45, 7) is 1.79. The molecule has 0 bridgehead atoms. The van der Waals surface area contributed by atoms with Gasteiger partial charge in [-0.05, 0) is 54.1 Å². The SMILES string of the molecule is COc1c(Oc2ccc(CCN)cc2)cc(C(=O)N2CCc3sccc3C2)c(OC)c1OC. The summed E-state index contributed by atoms with van der Waals surface area (Å²) in [6, 6.07) is 11.4. The van der Waals surface area contributed by atoms with Crippen LogP contribution in [0.5, 0.6) is 28.7 Å². The molecule has 0 spiro atoms. The number of nitrogens with two attached hydrogens (primary N) is 1. The lowest BCUT2D eigenvalue weighted by molar-refractivity contribution is 0.0731. The van der Waals surface area contributed by atoms with E-state index in [2.05, 4.69) is 11.4 Å². The summed E-state index contributed by atoms with van der Waals surface area (Å²) < 4.78 is 22.9. The molecule has 0 aliphatic carbocycles. The number of fused-ring (bicyclic) bond motifs is 1. The fourth-order valence-corrected chi connectivity index (χ4v) is 4.92. The molecule has 0 radical (unpaired) electrons. The van der Waals surface area contributed by atoms with Crippen LogP contribution in [-0.4, -0.2) is 45.2 Å². The van der Waals surface area contributed by atoms with Gasteiger partial charge in [0.1, 0.15) is 5.75 Å². The number of hydrogen-bond acceptors (Lipinski definition) is 7. The maximum absolute atomic E-state index is 13.6. The van der Waals surface area contributed by atoms with Crippen LogP contribution in [0.2, 0.25) is 0 Å². The molecule has 3 aromatic rings. The van der Waals surface area contributed by atoms with Crippen molar-refractivity contribution in [3.05, 3.63) is 63.3 Å². The van der Waals surface area contributed by atoms with Crippen LogP contribution >= 0.6 is 11.3 Å². The zero-order valence-electron chi connectivity index (χ0n) is 19.1. The second kappa shape index (κ2) is 10.1. The van der Waals surface area contributed by atoms with Crippen molar-refractivity contribution in [2.24, 2.45) is 5.73 Å². The van der Waals surface area contributed by atoms with Crippen LogP contribution in [0.15, 0.2) is 41.8 Å². The van der Waals surface area contributed by atoms with E-state index < -0.39 is 0 Å². The molecule has 0 saturated carbocycles. The fourth-order valence-electron chi connectivity index (χ4n) is 4.03. The molecule has 174 valence electrons. The summed E-state index contributed by atoms with van der Waals surface area (Å²) in [4.78, 5) is 16.7. The molecule has 1 aliphatic heterocycles. The van der Waals surface area contributed by atoms with Gasteiger partial charge in [-0.25, -0.2) is 0 Å². The first kappa shape index (κ1) is 22.9. The lowest BCUT2D eigenvalue weighted by Gasteiger charge is -2.28. The Labute approximate surface area is 197 Å². The van der Waals surface area contributed by atoms with Crippen molar-refractivity contribution in [3.8, 4) is 28.7 Å². The Morgan fingerprint density at radius 1 is 1.03 bits per heavy atom. The third-order valence-electron chi connectivity index (χ3n) is 5.68. The van der Waals surface area contributed by atoms with Crippen LogP contribution < -0.4 is 24.7 Å². The molecule has 2 aromatic carbocycles. The zero-order chi connectivity index (χ0) is 23.4. The molecule has 0 fully saturated rings. The van der Waals surface area contributed by atoms with Gasteiger partial charge < -0.3 is 29.6 Å². The number of hydrogen-bond donors (Lipinski definition) is 1. The molecule has 33 heavy (non-hydrogen) atoms. The Kier molecular flexibility index (Phi) is 7.05. The Bertz CT molecular complexity index is 1130. The molecule has 4 rings (SSSR count). The van der Waals surface area contributed by atoms with Gasteiger partial charge in [0.2, 0.25) is 11.5 Å². The maximum Gasteiger partial charge on any atom is 0.258 e. The van der Waals surface area contributed by atoms with Gasteiger partial charge in [0, 0.05) is 24.0 Å². The second-order valence-electron chi connectivity index (χ2n) is 7.65. The van der Waals surface area contributed by atoms with Gasteiger partial charge in [0.15, 0.2) is 11.5 Å². The van der Waals surface area contributed by atoms with E-state index in [1.807, 2.05) is 29.2 Å². The average Bonchev–Trinajstić information content (AvgIpc) is 3.32. The van der Waals surface area contributed by atoms with Crippen LogP contribution in [0.1, 0.15) is 26.4 Å². The lowest BCUT2D eigenvalue weighted by atomic mass is 10.1. The molecule has 7 nitrogen and oxygen atoms in total. The van der Waals surface area contributed by atoms with Gasteiger partial charge in [-0.15, -0.1) is 11.3 Å². The van der Waals surface area contributed by atoms with Gasteiger partial charge in [0.25, 0.3) is 5.91 Å². The lowest BCUT2D eigenvalue weighted by Crippen LogP contribution is -2.35. The minimum Gasteiger partial charge on any atom is -0.492 e.